The summed E-state index contributed by atoms with van der Waals surface area (Å²) in [5.41, 5.74) is 4.99. The summed E-state index contributed by atoms with van der Waals surface area (Å²) in [5, 5.41) is 4.69. The average Bonchev–Trinajstić information content (AvgIpc) is 1.85. The van der Waals surface area contributed by atoms with Crippen LogP contribution >= 0.6 is 0 Å². The molecule has 0 aliphatic rings. The summed E-state index contributed by atoms with van der Waals surface area (Å²) < 4.78 is 20.7. The summed E-state index contributed by atoms with van der Waals surface area (Å²) in [5.74, 6) is -0.299. The minimum Gasteiger partial charge on any atom is -0.324 e. The highest BCUT2D eigenvalue weighted by Gasteiger charge is 2.04. The molecule has 6 heteroatoms. The Balaban J connectivity index is 3.51. The van der Waals surface area contributed by atoms with E-state index in [0.717, 1.165) is 0 Å². The third-order valence-corrected chi connectivity index (χ3v) is 1.97. The minimum atomic E-state index is -3.42. The van der Waals surface area contributed by atoms with Gasteiger partial charge in [0.15, 0.2) is 0 Å². The van der Waals surface area contributed by atoms with Gasteiger partial charge in [0, 0.05) is 6.42 Å². The summed E-state index contributed by atoms with van der Waals surface area (Å²) in [7, 11) is -3.42. The quantitative estimate of drug-likeness (QED) is 0.542. The van der Waals surface area contributed by atoms with Gasteiger partial charge < -0.3 is 5.73 Å². The van der Waals surface area contributed by atoms with E-state index < -0.39 is 10.0 Å². The third-order valence-electron chi connectivity index (χ3n) is 1.11. The molecule has 0 aliphatic carbocycles. The average molecular weight is 180 g/mol. The lowest BCUT2D eigenvalue weighted by atomic mass is 10.2. The largest absolute Gasteiger partial charge is 0.324 e. The van der Waals surface area contributed by atoms with Gasteiger partial charge in [-0.25, -0.2) is 13.6 Å². The van der Waals surface area contributed by atoms with Crippen LogP contribution < -0.4 is 10.9 Å². The molecule has 0 aromatic rings. The molecule has 11 heavy (non-hydrogen) atoms. The van der Waals surface area contributed by atoms with Crippen molar-refractivity contribution in [1.29, 1.82) is 0 Å². The van der Waals surface area contributed by atoms with Crippen LogP contribution in [0.2, 0.25) is 0 Å². The summed E-state index contributed by atoms with van der Waals surface area (Å²) in [6.07, 6.45) is 0.446. The first-order valence-electron chi connectivity index (χ1n) is 3.18. The van der Waals surface area contributed by atoms with Crippen LogP contribution in [0.4, 0.5) is 0 Å². The van der Waals surface area contributed by atoms with Crippen LogP contribution in [-0.4, -0.2) is 26.5 Å². The van der Waals surface area contributed by atoms with Gasteiger partial charge in [-0.3, -0.25) is 4.79 Å². The smallest absolute Gasteiger partial charge is 0.209 e. The molecule has 0 bridgehead atoms. The number of ketones is 1. The molecule has 0 radical (unpaired) electrons. The summed E-state index contributed by atoms with van der Waals surface area (Å²) in [6, 6.07) is 0. The first-order chi connectivity index (χ1) is 4.95. The molecule has 0 saturated heterocycles. The molecule has 0 fully saturated rings. The van der Waals surface area contributed by atoms with E-state index in [2.05, 4.69) is 0 Å². The highest BCUT2D eigenvalue weighted by atomic mass is 32.2. The number of hydrogen-bond donors (Lipinski definition) is 2. The molecular weight excluding hydrogens is 168 g/mol. The van der Waals surface area contributed by atoms with Crippen LogP contribution in [-0.2, 0) is 14.8 Å². The van der Waals surface area contributed by atoms with Gasteiger partial charge in [-0.05, 0) is 6.42 Å². The Bertz CT molecular complexity index is 222. The second kappa shape index (κ2) is 4.42. The zero-order valence-corrected chi connectivity index (χ0v) is 6.93. The maximum atomic E-state index is 10.5. The Morgan fingerprint density at radius 2 is 1.91 bits per heavy atom. The summed E-state index contributed by atoms with van der Waals surface area (Å²) in [4.78, 5) is 10.5. The number of primary sulfonamides is 1. The van der Waals surface area contributed by atoms with Gasteiger partial charge in [0.25, 0.3) is 0 Å². The normalized spacial score (nSPS) is 11.5. The van der Waals surface area contributed by atoms with Crippen LogP contribution in [0, 0.1) is 0 Å². The monoisotopic (exact) mass is 180 g/mol. The number of carbonyl (C=O) groups is 1. The maximum Gasteiger partial charge on any atom is 0.209 e. The van der Waals surface area contributed by atoms with E-state index in [0.29, 0.717) is 0 Å². The molecule has 5 nitrogen and oxygen atoms in total. The van der Waals surface area contributed by atoms with Crippen LogP contribution in [0.25, 0.3) is 0 Å². The lowest BCUT2D eigenvalue weighted by Crippen LogP contribution is -2.19. The summed E-state index contributed by atoms with van der Waals surface area (Å²) >= 11 is 0. The highest BCUT2D eigenvalue weighted by molar-refractivity contribution is 7.89. The Morgan fingerprint density at radius 3 is 2.27 bits per heavy atom. The zero-order valence-electron chi connectivity index (χ0n) is 6.12. The zero-order chi connectivity index (χ0) is 8.91. The first kappa shape index (κ1) is 10.5. The van der Waals surface area contributed by atoms with Crippen molar-refractivity contribution in [2.45, 2.75) is 12.8 Å². The molecule has 0 amide bonds. The number of rotatable bonds is 5. The number of carbonyl (C=O) groups excluding carboxylic acids is 1. The second-order valence-corrected chi connectivity index (χ2v) is 3.95. The third kappa shape index (κ3) is 7.44. The molecule has 4 N–H and O–H groups in total. The minimum absolute atomic E-state index is 0.0371. The van der Waals surface area contributed by atoms with Crippen LogP contribution in [0.1, 0.15) is 12.8 Å². The van der Waals surface area contributed by atoms with Crippen molar-refractivity contribution in [3.63, 3.8) is 0 Å². The van der Waals surface area contributed by atoms with Crippen molar-refractivity contribution in [2.24, 2.45) is 10.9 Å². The molecule has 0 spiro atoms. The molecule has 0 aromatic heterocycles. The van der Waals surface area contributed by atoms with E-state index in [1.807, 2.05) is 0 Å². The van der Waals surface area contributed by atoms with Crippen molar-refractivity contribution >= 4 is 15.8 Å². The second-order valence-electron chi connectivity index (χ2n) is 2.21. The number of sulfonamides is 1. The lowest BCUT2D eigenvalue weighted by molar-refractivity contribution is -0.117. The molecule has 66 valence electrons. The number of hydrogen-bond acceptors (Lipinski definition) is 4. The molecular formula is C5H12N2O3S. The molecule has 0 aromatic carbocycles. The Hall–Kier alpha value is -0.460. The first-order valence-corrected chi connectivity index (χ1v) is 4.89. The van der Waals surface area contributed by atoms with Gasteiger partial charge >= 0.3 is 0 Å². The Morgan fingerprint density at radius 1 is 1.36 bits per heavy atom. The summed E-state index contributed by atoms with van der Waals surface area (Å²) in [6.45, 7) is -0.0371. The van der Waals surface area contributed by atoms with E-state index in [1.165, 1.54) is 0 Å². The maximum absolute atomic E-state index is 10.5. The molecule has 0 atom stereocenters. The van der Waals surface area contributed by atoms with E-state index in [1.54, 1.807) is 0 Å². The fourth-order valence-corrected chi connectivity index (χ4v) is 1.12. The lowest BCUT2D eigenvalue weighted by Gasteiger charge is -1.96. The van der Waals surface area contributed by atoms with Crippen molar-refractivity contribution < 1.29 is 13.2 Å². The molecule has 0 unspecified atom stereocenters. The highest BCUT2D eigenvalue weighted by Crippen LogP contribution is 1.92. The van der Waals surface area contributed by atoms with Gasteiger partial charge in [-0.15, -0.1) is 0 Å². The molecule has 0 aliphatic heterocycles. The fraction of sp³-hybridized carbons (Fsp3) is 0.800. The van der Waals surface area contributed by atoms with Gasteiger partial charge in [-0.2, -0.15) is 0 Å². The van der Waals surface area contributed by atoms with E-state index in [4.69, 9.17) is 10.9 Å². The van der Waals surface area contributed by atoms with Crippen molar-refractivity contribution in [3.8, 4) is 0 Å². The van der Waals surface area contributed by atoms with Crippen LogP contribution in [0.3, 0.4) is 0 Å². The SMILES string of the molecule is NCC(=O)CCCS(N)(=O)=O. The van der Waals surface area contributed by atoms with E-state index >= 15 is 0 Å². The van der Waals surface area contributed by atoms with Crippen molar-refractivity contribution in [3.05, 3.63) is 0 Å². The molecule has 0 saturated carbocycles. The van der Waals surface area contributed by atoms with E-state index in [-0.39, 0.29) is 30.9 Å². The Labute approximate surface area is 65.8 Å². The number of Topliss-reactive ketones (excluding diaryl/α,β-unsaturated/α-hetero) is 1. The van der Waals surface area contributed by atoms with Gasteiger partial charge in [-0.1, -0.05) is 0 Å². The van der Waals surface area contributed by atoms with E-state index in [9.17, 15) is 13.2 Å². The van der Waals surface area contributed by atoms with Gasteiger partial charge in [0.05, 0.1) is 12.3 Å². The molecule has 0 heterocycles. The van der Waals surface area contributed by atoms with Crippen LogP contribution in [0.15, 0.2) is 0 Å². The molecule has 0 rings (SSSR count). The van der Waals surface area contributed by atoms with Crippen LogP contribution in [0.5, 0.6) is 0 Å². The fourth-order valence-electron chi connectivity index (χ4n) is 0.573. The number of nitrogens with two attached hydrogens (primary N) is 2. The van der Waals surface area contributed by atoms with Crippen molar-refractivity contribution in [1.82, 2.24) is 0 Å². The van der Waals surface area contributed by atoms with Gasteiger partial charge in [0.2, 0.25) is 10.0 Å². The topological polar surface area (TPSA) is 103 Å². The Kier molecular flexibility index (Phi) is 4.24. The predicted octanol–water partition coefficient (Wildman–Crippen LogP) is -1.42. The predicted molar refractivity (Wildman–Crippen MR) is 41.3 cm³/mol. The van der Waals surface area contributed by atoms with Gasteiger partial charge in [0.1, 0.15) is 5.78 Å². The standard InChI is InChI=1S/C5H12N2O3S/c6-4-5(8)2-1-3-11(7,9)10/h1-4,6H2,(H2,7,9,10). The van der Waals surface area contributed by atoms with Crippen molar-refractivity contribution in [2.75, 3.05) is 12.3 Å².